The highest BCUT2D eigenvalue weighted by Crippen LogP contribution is 2.23. The second kappa shape index (κ2) is 5.19. The summed E-state index contributed by atoms with van der Waals surface area (Å²) >= 11 is 0. The molecule has 2 rings (SSSR count). The number of hydrogen-bond acceptors (Lipinski definition) is 3. The van der Waals surface area contributed by atoms with Crippen molar-refractivity contribution in [1.29, 1.82) is 0 Å². The summed E-state index contributed by atoms with van der Waals surface area (Å²) < 4.78 is 0. The minimum absolute atomic E-state index is 0.333. The Labute approximate surface area is 101 Å². The molecule has 1 aliphatic rings. The Bertz CT molecular complexity index is 397. The van der Waals surface area contributed by atoms with Crippen LogP contribution >= 0.6 is 0 Å². The minimum atomic E-state index is -0.388. The Morgan fingerprint density at radius 2 is 1.82 bits per heavy atom. The van der Waals surface area contributed by atoms with Gasteiger partial charge in [0.2, 0.25) is 0 Å². The second-order valence-electron chi connectivity index (χ2n) is 4.67. The third kappa shape index (κ3) is 2.97. The quantitative estimate of drug-likeness (QED) is 0.739. The molecule has 4 nitrogen and oxygen atoms in total. The SMILES string of the molecule is NC(=O)c1ccccc1NC1CCC(N)CC1. The van der Waals surface area contributed by atoms with Crippen molar-refractivity contribution in [2.75, 3.05) is 5.32 Å². The van der Waals surface area contributed by atoms with E-state index in [-0.39, 0.29) is 5.91 Å². The van der Waals surface area contributed by atoms with Crippen molar-refractivity contribution in [2.45, 2.75) is 37.8 Å². The lowest BCUT2D eigenvalue weighted by Gasteiger charge is -2.28. The van der Waals surface area contributed by atoms with Crippen LogP contribution in [-0.4, -0.2) is 18.0 Å². The monoisotopic (exact) mass is 233 g/mol. The Hall–Kier alpha value is -1.55. The van der Waals surface area contributed by atoms with Crippen LogP contribution in [-0.2, 0) is 0 Å². The Morgan fingerprint density at radius 1 is 1.18 bits per heavy atom. The molecule has 1 amide bonds. The van der Waals surface area contributed by atoms with Gasteiger partial charge in [-0.25, -0.2) is 0 Å². The van der Waals surface area contributed by atoms with Gasteiger partial charge >= 0.3 is 0 Å². The van der Waals surface area contributed by atoms with E-state index >= 15 is 0 Å². The lowest BCUT2D eigenvalue weighted by atomic mass is 9.91. The van der Waals surface area contributed by atoms with E-state index in [2.05, 4.69) is 5.32 Å². The van der Waals surface area contributed by atoms with Gasteiger partial charge in [0.1, 0.15) is 0 Å². The molecular weight excluding hydrogens is 214 g/mol. The number of hydrogen-bond donors (Lipinski definition) is 3. The molecule has 0 bridgehead atoms. The summed E-state index contributed by atoms with van der Waals surface area (Å²) in [5.41, 5.74) is 12.6. The summed E-state index contributed by atoms with van der Waals surface area (Å²) in [6, 6.07) is 8.11. The first-order chi connectivity index (χ1) is 8.16. The number of nitrogens with two attached hydrogens (primary N) is 2. The third-order valence-corrected chi connectivity index (χ3v) is 3.32. The van der Waals surface area contributed by atoms with Gasteiger partial charge < -0.3 is 16.8 Å². The number of carbonyl (C=O) groups is 1. The second-order valence-corrected chi connectivity index (χ2v) is 4.67. The van der Waals surface area contributed by atoms with Crippen LogP contribution in [0.4, 0.5) is 5.69 Å². The van der Waals surface area contributed by atoms with Crippen LogP contribution < -0.4 is 16.8 Å². The van der Waals surface area contributed by atoms with Gasteiger partial charge in [-0.3, -0.25) is 4.79 Å². The highest BCUT2D eigenvalue weighted by atomic mass is 16.1. The van der Waals surface area contributed by atoms with Crippen molar-refractivity contribution in [3.63, 3.8) is 0 Å². The Morgan fingerprint density at radius 3 is 2.47 bits per heavy atom. The van der Waals surface area contributed by atoms with Gasteiger partial charge in [0.15, 0.2) is 0 Å². The molecule has 0 spiro atoms. The Kier molecular flexibility index (Phi) is 3.64. The summed E-state index contributed by atoms with van der Waals surface area (Å²) in [4.78, 5) is 11.3. The van der Waals surface area contributed by atoms with Crippen molar-refractivity contribution < 1.29 is 4.79 Å². The molecule has 0 aromatic heterocycles. The lowest BCUT2D eigenvalue weighted by Crippen LogP contribution is -2.33. The molecule has 0 saturated heterocycles. The van der Waals surface area contributed by atoms with Crippen LogP contribution in [0.3, 0.4) is 0 Å². The molecule has 1 saturated carbocycles. The molecule has 1 aromatic carbocycles. The molecule has 1 aromatic rings. The molecule has 92 valence electrons. The summed E-state index contributed by atoms with van der Waals surface area (Å²) in [5.74, 6) is -0.388. The van der Waals surface area contributed by atoms with E-state index < -0.39 is 0 Å². The summed E-state index contributed by atoms with van der Waals surface area (Å²) in [6.45, 7) is 0. The van der Waals surface area contributed by atoms with Crippen molar-refractivity contribution in [2.24, 2.45) is 11.5 Å². The first-order valence-corrected chi connectivity index (χ1v) is 6.08. The fourth-order valence-electron chi connectivity index (χ4n) is 2.31. The van der Waals surface area contributed by atoms with Crippen molar-refractivity contribution in [3.05, 3.63) is 29.8 Å². The third-order valence-electron chi connectivity index (χ3n) is 3.32. The number of carbonyl (C=O) groups excluding carboxylic acids is 1. The van der Waals surface area contributed by atoms with Gasteiger partial charge in [-0.05, 0) is 37.8 Å². The summed E-state index contributed by atoms with van der Waals surface area (Å²) in [7, 11) is 0. The molecule has 1 aliphatic carbocycles. The van der Waals surface area contributed by atoms with Crippen molar-refractivity contribution >= 4 is 11.6 Å². The maximum absolute atomic E-state index is 11.3. The van der Waals surface area contributed by atoms with Gasteiger partial charge in [-0.15, -0.1) is 0 Å². The van der Waals surface area contributed by atoms with Crippen LogP contribution in [0.5, 0.6) is 0 Å². The number of amides is 1. The summed E-state index contributed by atoms with van der Waals surface area (Å²) in [5, 5.41) is 3.39. The first-order valence-electron chi connectivity index (χ1n) is 6.08. The molecule has 17 heavy (non-hydrogen) atoms. The molecule has 0 heterocycles. The van der Waals surface area contributed by atoms with E-state index in [1.165, 1.54) is 0 Å². The number of benzene rings is 1. The first kappa shape index (κ1) is 11.9. The van der Waals surface area contributed by atoms with Crippen LogP contribution in [0.15, 0.2) is 24.3 Å². The van der Waals surface area contributed by atoms with E-state index in [0.29, 0.717) is 17.6 Å². The molecule has 4 heteroatoms. The molecule has 1 fully saturated rings. The van der Waals surface area contributed by atoms with E-state index in [4.69, 9.17) is 11.5 Å². The van der Waals surface area contributed by atoms with Gasteiger partial charge in [-0.1, -0.05) is 12.1 Å². The number of nitrogens with one attached hydrogen (secondary N) is 1. The minimum Gasteiger partial charge on any atom is -0.382 e. The van der Waals surface area contributed by atoms with E-state index in [0.717, 1.165) is 31.4 Å². The highest BCUT2D eigenvalue weighted by Gasteiger charge is 2.19. The van der Waals surface area contributed by atoms with Crippen LogP contribution in [0.1, 0.15) is 36.0 Å². The van der Waals surface area contributed by atoms with Crippen molar-refractivity contribution in [1.82, 2.24) is 0 Å². The topological polar surface area (TPSA) is 81.1 Å². The van der Waals surface area contributed by atoms with E-state index in [9.17, 15) is 4.79 Å². The molecule has 0 unspecified atom stereocenters. The number of para-hydroxylation sites is 1. The smallest absolute Gasteiger partial charge is 0.250 e. The van der Waals surface area contributed by atoms with E-state index in [1.807, 2.05) is 18.2 Å². The standard InChI is InChI=1S/C13H19N3O/c14-9-5-7-10(8-6-9)16-12-4-2-1-3-11(12)13(15)17/h1-4,9-10,16H,5-8,14H2,(H2,15,17). The van der Waals surface area contributed by atoms with Crippen LogP contribution in [0.2, 0.25) is 0 Å². The normalized spacial score (nSPS) is 24.3. The highest BCUT2D eigenvalue weighted by molar-refractivity contribution is 5.98. The average Bonchev–Trinajstić information content (AvgIpc) is 2.32. The van der Waals surface area contributed by atoms with Gasteiger partial charge in [0.25, 0.3) is 5.91 Å². The molecule has 0 radical (unpaired) electrons. The maximum atomic E-state index is 11.3. The zero-order valence-electron chi connectivity index (χ0n) is 9.86. The largest absolute Gasteiger partial charge is 0.382 e. The van der Waals surface area contributed by atoms with Gasteiger partial charge in [-0.2, -0.15) is 0 Å². The number of primary amides is 1. The molecular formula is C13H19N3O. The predicted octanol–water partition coefficient (Wildman–Crippen LogP) is 1.47. The van der Waals surface area contributed by atoms with Gasteiger partial charge in [0.05, 0.1) is 5.56 Å². The fourth-order valence-corrected chi connectivity index (χ4v) is 2.31. The zero-order valence-corrected chi connectivity index (χ0v) is 9.86. The Balaban J connectivity index is 2.05. The van der Waals surface area contributed by atoms with Gasteiger partial charge in [0, 0.05) is 17.8 Å². The lowest BCUT2D eigenvalue weighted by molar-refractivity contribution is 0.100. The average molecular weight is 233 g/mol. The fraction of sp³-hybridized carbons (Fsp3) is 0.462. The summed E-state index contributed by atoms with van der Waals surface area (Å²) in [6.07, 6.45) is 4.18. The number of anilines is 1. The number of rotatable bonds is 3. The molecule has 5 N–H and O–H groups in total. The van der Waals surface area contributed by atoms with E-state index in [1.54, 1.807) is 6.07 Å². The zero-order chi connectivity index (χ0) is 12.3. The predicted molar refractivity (Wildman–Crippen MR) is 68.8 cm³/mol. The molecule has 0 aliphatic heterocycles. The maximum Gasteiger partial charge on any atom is 0.250 e. The molecule has 0 atom stereocenters. The van der Waals surface area contributed by atoms with Crippen LogP contribution in [0.25, 0.3) is 0 Å². The van der Waals surface area contributed by atoms with Crippen LogP contribution in [0, 0.1) is 0 Å². The van der Waals surface area contributed by atoms with Crippen molar-refractivity contribution in [3.8, 4) is 0 Å².